The molecule has 1 fully saturated rings. The fourth-order valence-electron chi connectivity index (χ4n) is 3.30. The predicted octanol–water partition coefficient (Wildman–Crippen LogP) is 4.96. The Kier molecular flexibility index (Phi) is 6.50. The van der Waals surface area contributed by atoms with Crippen molar-refractivity contribution < 1.29 is 18.7 Å². The lowest BCUT2D eigenvalue weighted by Gasteiger charge is -2.17. The van der Waals surface area contributed by atoms with Crippen LogP contribution in [0, 0.1) is 12.7 Å². The van der Waals surface area contributed by atoms with E-state index >= 15 is 0 Å². The van der Waals surface area contributed by atoms with Gasteiger partial charge in [0, 0.05) is 28.6 Å². The van der Waals surface area contributed by atoms with E-state index in [0.29, 0.717) is 30.2 Å². The molecule has 1 aromatic carbocycles. The van der Waals surface area contributed by atoms with E-state index in [9.17, 15) is 9.18 Å². The number of amides is 1. The van der Waals surface area contributed by atoms with E-state index in [4.69, 9.17) is 21.1 Å². The van der Waals surface area contributed by atoms with Gasteiger partial charge in [-0.1, -0.05) is 11.6 Å². The van der Waals surface area contributed by atoms with E-state index in [1.165, 1.54) is 6.07 Å². The van der Waals surface area contributed by atoms with Crippen molar-refractivity contribution in [3.8, 4) is 16.3 Å². The first-order valence-electron chi connectivity index (χ1n) is 9.83. The molecule has 4 rings (SSSR count). The van der Waals surface area contributed by atoms with Gasteiger partial charge in [0.2, 0.25) is 0 Å². The molecule has 9 heteroatoms. The van der Waals surface area contributed by atoms with E-state index in [-0.39, 0.29) is 17.0 Å². The van der Waals surface area contributed by atoms with Gasteiger partial charge in [-0.25, -0.2) is 9.37 Å². The highest BCUT2D eigenvalue weighted by molar-refractivity contribution is 7.14. The molecule has 3 aromatic rings. The van der Waals surface area contributed by atoms with Gasteiger partial charge in [0.25, 0.3) is 5.91 Å². The molecular weight excluding hydrogens is 441 g/mol. The fraction of sp³-hybridized carbons (Fsp3) is 0.318. The zero-order valence-corrected chi connectivity index (χ0v) is 18.6. The monoisotopic (exact) mass is 461 g/mol. The van der Waals surface area contributed by atoms with Gasteiger partial charge >= 0.3 is 0 Å². The number of nitrogens with one attached hydrogen (secondary N) is 1. The Morgan fingerprint density at radius 1 is 1.32 bits per heavy atom. The molecule has 1 N–H and O–H groups in total. The first-order chi connectivity index (χ1) is 14.9. The summed E-state index contributed by atoms with van der Waals surface area (Å²) in [7, 11) is 0. The van der Waals surface area contributed by atoms with Crippen LogP contribution in [0.4, 0.5) is 4.39 Å². The number of rotatable bonds is 6. The average Bonchev–Trinajstić information content (AvgIpc) is 3.39. The number of ether oxygens (including phenoxy) is 2. The first-order valence-corrected chi connectivity index (χ1v) is 11.0. The third kappa shape index (κ3) is 5.20. The van der Waals surface area contributed by atoms with Gasteiger partial charge in [-0.15, -0.1) is 11.3 Å². The third-order valence-corrected chi connectivity index (χ3v) is 6.09. The number of nitrogens with zero attached hydrogens (tertiary/aromatic N) is 2. The highest BCUT2D eigenvalue weighted by Gasteiger charge is 2.21. The Hall–Kier alpha value is -2.55. The Labute approximate surface area is 188 Å². The number of pyridine rings is 1. The maximum Gasteiger partial charge on any atom is 0.251 e. The van der Waals surface area contributed by atoms with Gasteiger partial charge in [-0.05, 0) is 38.1 Å². The van der Waals surface area contributed by atoms with E-state index in [1.54, 1.807) is 36.6 Å². The summed E-state index contributed by atoms with van der Waals surface area (Å²) < 4.78 is 24.7. The number of hydrogen-bond acceptors (Lipinski definition) is 6. The van der Waals surface area contributed by atoms with Crippen molar-refractivity contribution in [2.45, 2.75) is 32.4 Å². The van der Waals surface area contributed by atoms with Gasteiger partial charge in [0.05, 0.1) is 36.2 Å². The van der Waals surface area contributed by atoms with E-state index in [1.807, 2.05) is 13.0 Å². The maximum absolute atomic E-state index is 13.3. The van der Waals surface area contributed by atoms with Crippen molar-refractivity contribution in [3.63, 3.8) is 0 Å². The lowest BCUT2D eigenvalue weighted by molar-refractivity contribution is 0.0938. The van der Waals surface area contributed by atoms with Crippen LogP contribution >= 0.6 is 22.9 Å². The highest BCUT2D eigenvalue weighted by Crippen LogP contribution is 2.31. The van der Waals surface area contributed by atoms with E-state index in [0.717, 1.165) is 28.1 Å². The van der Waals surface area contributed by atoms with Crippen LogP contribution in [0.15, 0.2) is 36.7 Å². The molecule has 1 aliphatic heterocycles. The second-order valence-electron chi connectivity index (χ2n) is 7.34. The number of aryl methyl sites for hydroxylation is 1. The molecule has 2 aromatic heterocycles. The topological polar surface area (TPSA) is 73.3 Å². The normalized spacial score (nSPS) is 16.8. The Balaban J connectivity index is 1.61. The molecule has 0 radical (unpaired) electrons. The zero-order valence-electron chi connectivity index (χ0n) is 17.0. The Morgan fingerprint density at radius 2 is 2.16 bits per heavy atom. The third-order valence-electron chi connectivity index (χ3n) is 4.82. The van der Waals surface area contributed by atoms with Crippen LogP contribution in [0.1, 0.15) is 40.3 Å². The number of hydrogen-bond donors (Lipinski definition) is 1. The molecule has 31 heavy (non-hydrogen) atoms. The summed E-state index contributed by atoms with van der Waals surface area (Å²) in [6.07, 6.45) is 3.62. The second kappa shape index (κ2) is 9.30. The molecule has 1 aliphatic rings. The molecule has 162 valence electrons. The number of aromatic nitrogens is 2. The molecule has 0 bridgehead atoms. The zero-order chi connectivity index (χ0) is 22.0. The number of carbonyl (C=O) groups excluding carboxylic acids is 1. The van der Waals surface area contributed by atoms with E-state index < -0.39 is 11.9 Å². The largest absolute Gasteiger partial charge is 0.488 e. The standard InChI is InChI=1S/C22H21ClFN3O3S/c1-12-9-26-22(31-12)15-5-14(6-18(7-15)30-17-3-4-29-11-17)21(28)27-13(2)20-19(23)8-16(24)10-25-20/h5-10,13,17H,3-4,11H2,1-2H3,(H,27,28). The quantitative estimate of drug-likeness (QED) is 0.561. The molecule has 3 heterocycles. The summed E-state index contributed by atoms with van der Waals surface area (Å²) in [5.41, 5.74) is 1.61. The van der Waals surface area contributed by atoms with Crippen LogP contribution in [0.5, 0.6) is 5.75 Å². The van der Waals surface area contributed by atoms with Crippen LogP contribution in [0.25, 0.3) is 10.6 Å². The van der Waals surface area contributed by atoms with Crippen LogP contribution in [-0.4, -0.2) is 35.2 Å². The van der Waals surface area contributed by atoms with Gasteiger partial charge in [0.1, 0.15) is 22.7 Å². The molecule has 1 saturated heterocycles. The maximum atomic E-state index is 13.3. The number of benzene rings is 1. The van der Waals surface area contributed by atoms with Gasteiger partial charge in [-0.3, -0.25) is 9.78 Å². The van der Waals surface area contributed by atoms with E-state index in [2.05, 4.69) is 15.3 Å². The van der Waals surface area contributed by atoms with Crippen molar-refractivity contribution in [1.82, 2.24) is 15.3 Å². The lowest BCUT2D eigenvalue weighted by atomic mass is 10.1. The van der Waals surface area contributed by atoms with Crippen molar-refractivity contribution in [2.24, 2.45) is 0 Å². The SMILES string of the molecule is Cc1cnc(-c2cc(OC3CCOC3)cc(C(=O)NC(C)c3ncc(F)cc3Cl)c2)s1. The van der Waals surface area contributed by atoms with Gasteiger partial charge in [0.15, 0.2) is 0 Å². The summed E-state index contributed by atoms with van der Waals surface area (Å²) in [5.74, 6) is -0.273. The fourth-order valence-corrected chi connectivity index (χ4v) is 4.37. The summed E-state index contributed by atoms with van der Waals surface area (Å²) >= 11 is 7.63. The van der Waals surface area contributed by atoms with Gasteiger partial charge in [-0.2, -0.15) is 0 Å². The molecule has 1 amide bonds. The summed E-state index contributed by atoms with van der Waals surface area (Å²) in [4.78, 5) is 22.5. The lowest BCUT2D eigenvalue weighted by Crippen LogP contribution is -2.27. The van der Waals surface area contributed by atoms with Crippen molar-refractivity contribution in [2.75, 3.05) is 13.2 Å². The van der Waals surface area contributed by atoms with Crippen LogP contribution < -0.4 is 10.1 Å². The minimum Gasteiger partial charge on any atom is -0.488 e. The molecule has 2 unspecified atom stereocenters. The molecule has 6 nitrogen and oxygen atoms in total. The second-order valence-corrected chi connectivity index (χ2v) is 8.98. The summed E-state index contributed by atoms with van der Waals surface area (Å²) in [6.45, 7) is 4.90. The van der Waals surface area contributed by atoms with Crippen molar-refractivity contribution in [1.29, 1.82) is 0 Å². The molecule has 2 atom stereocenters. The smallest absolute Gasteiger partial charge is 0.251 e. The van der Waals surface area contributed by atoms with Crippen molar-refractivity contribution >= 4 is 28.8 Å². The van der Waals surface area contributed by atoms with Crippen molar-refractivity contribution in [3.05, 3.63) is 63.6 Å². The molecular formula is C22H21ClFN3O3S. The minimum atomic E-state index is -0.531. The van der Waals surface area contributed by atoms with Gasteiger partial charge < -0.3 is 14.8 Å². The molecule has 0 spiro atoms. The summed E-state index contributed by atoms with van der Waals surface area (Å²) in [6, 6.07) is 6.02. The first kappa shape index (κ1) is 21.7. The molecule has 0 aliphatic carbocycles. The highest BCUT2D eigenvalue weighted by atomic mass is 35.5. The Morgan fingerprint density at radius 3 is 2.84 bits per heavy atom. The summed E-state index contributed by atoms with van der Waals surface area (Å²) in [5, 5.41) is 3.83. The predicted molar refractivity (Wildman–Crippen MR) is 117 cm³/mol. The number of halogens is 2. The number of carbonyl (C=O) groups is 1. The van der Waals surface area contributed by atoms with Crippen LogP contribution in [0.2, 0.25) is 5.02 Å². The Bertz CT molecular complexity index is 1100. The molecule has 0 saturated carbocycles. The average molecular weight is 462 g/mol. The van der Waals surface area contributed by atoms with Crippen LogP contribution in [-0.2, 0) is 4.74 Å². The minimum absolute atomic E-state index is 0.0506. The number of thiazole rings is 1. The van der Waals surface area contributed by atoms with Crippen LogP contribution in [0.3, 0.4) is 0 Å².